The average molecular weight is 266 g/mol. The topological polar surface area (TPSA) is 81.4 Å². The van der Waals surface area contributed by atoms with Gasteiger partial charge in [0.25, 0.3) is 10.2 Å². The zero-order chi connectivity index (χ0) is 13.1. The molecule has 1 atom stereocenters. The van der Waals surface area contributed by atoms with E-state index < -0.39 is 28.7 Å². The van der Waals surface area contributed by atoms with Gasteiger partial charge in [0.15, 0.2) is 0 Å². The van der Waals surface area contributed by atoms with Crippen molar-refractivity contribution >= 4 is 10.2 Å². The first kappa shape index (κ1) is 13.8. The Balaban J connectivity index is 2.85. The molecule has 0 aliphatic heterocycles. The number of halogens is 2. The van der Waals surface area contributed by atoms with E-state index in [1.807, 2.05) is 4.72 Å². The molecule has 0 fully saturated rings. The molecule has 0 aliphatic carbocycles. The van der Waals surface area contributed by atoms with Crippen LogP contribution in [0, 0.1) is 5.82 Å². The van der Waals surface area contributed by atoms with E-state index in [-0.39, 0.29) is 11.3 Å². The molecule has 1 aromatic carbocycles. The van der Waals surface area contributed by atoms with Gasteiger partial charge in [0.05, 0.1) is 7.11 Å². The van der Waals surface area contributed by atoms with Crippen LogP contribution >= 0.6 is 0 Å². The van der Waals surface area contributed by atoms with Crippen LogP contribution in [0.2, 0.25) is 0 Å². The van der Waals surface area contributed by atoms with E-state index in [1.165, 1.54) is 13.2 Å². The van der Waals surface area contributed by atoms with Gasteiger partial charge in [0.1, 0.15) is 17.7 Å². The normalized spacial score (nSPS) is 13.4. The van der Waals surface area contributed by atoms with Crippen molar-refractivity contribution < 1.29 is 21.9 Å². The van der Waals surface area contributed by atoms with E-state index in [0.29, 0.717) is 0 Å². The van der Waals surface area contributed by atoms with Crippen molar-refractivity contribution in [2.45, 2.75) is 6.17 Å². The molecule has 96 valence electrons. The van der Waals surface area contributed by atoms with Gasteiger partial charge in [-0.25, -0.2) is 13.9 Å². The summed E-state index contributed by atoms with van der Waals surface area (Å²) < 4.78 is 54.3. The largest absolute Gasteiger partial charge is 0.496 e. The first-order chi connectivity index (χ1) is 7.83. The van der Waals surface area contributed by atoms with Crippen molar-refractivity contribution in [3.05, 3.63) is 29.6 Å². The van der Waals surface area contributed by atoms with E-state index in [9.17, 15) is 17.2 Å². The van der Waals surface area contributed by atoms with E-state index in [4.69, 9.17) is 4.74 Å². The van der Waals surface area contributed by atoms with Crippen LogP contribution in [0.5, 0.6) is 5.75 Å². The molecular weight excluding hydrogens is 254 g/mol. The van der Waals surface area contributed by atoms with Crippen molar-refractivity contribution in [1.82, 2.24) is 4.72 Å². The van der Waals surface area contributed by atoms with Crippen molar-refractivity contribution in [2.75, 3.05) is 13.7 Å². The highest BCUT2D eigenvalue weighted by molar-refractivity contribution is 7.87. The summed E-state index contributed by atoms with van der Waals surface area (Å²) in [6, 6.07) is 3.25. The summed E-state index contributed by atoms with van der Waals surface area (Å²) in [5.74, 6) is -0.564. The standard InChI is InChI=1S/C9H12F2N2O3S/c1-16-9-4-6(10)2-3-7(9)8(11)5-13-17(12,14)15/h2-4,8,13H,5H2,1H3,(H2,12,14,15). The number of methoxy groups -OCH3 is 1. The maximum atomic E-state index is 13.7. The average Bonchev–Trinajstić information content (AvgIpc) is 2.24. The summed E-state index contributed by atoms with van der Waals surface area (Å²) in [5, 5.41) is 4.66. The number of nitrogens with two attached hydrogens (primary N) is 1. The number of ether oxygens (including phenoxy) is 1. The maximum absolute atomic E-state index is 13.7. The van der Waals surface area contributed by atoms with Gasteiger partial charge in [-0.2, -0.15) is 13.1 Å². The third kappa shape index (κ3) is 4.25. The Morgan fingerprint density at radius 1 is 1.53 bits per heavy atom. The Morgan fingerprint density at radius 2 is 2.18 bits per heavy atom. The van der Waals surface area contributed by atoms with Gasteiger partial charge in [-0.05, 0) is 12.1 Å². The Bertz CT molecular complexity index is 493. The lowest BCUT2D eigenvalue weighted by molar-refractivity contribution is 0.323. The molecule has 0 aliphatic rings. The van der Waals surface area contributed by atoms with Gasteiger partial charge in [-0.1, -0.05) is 0 Å². The molecule has 0 aromatic heterocycles. The summed E-state index contributed by atoms with van der Waals surface area (Å²) >= 11 is 0. The van der Waals surface area contributed by atoms with Gasteiger partial charge in [-0.3, -0.25) is 0 Å². The molecule has 0 spiro atoms. The van der Waals surface area contributed by atoms with Crippen LogP contribution in [0.3, 0.4) is 0 Å². The van der Waals surface area contributed by atoms with Gasteiger partial charge in [0, 0.05) is 18.2 Å². The number of alkyl halides is 1. The molecule has 0 bridgehead atoms. The summed E-state index contributed by atoms with van der Waals surface area (Å²) in [6.45, 7) is -0.541. The molecule has 1 unspecified atom stereocenters. The van der Waals surface area contributed by atoms with Gasteiger partial charge >= 0.3 is 0 Å². The summed E-state index contributed by atoms with van der Waals surface area (Å²) in [6.07, 6.45) is -1.68. The Labute approximate surface area is 97.8 Å². The summed E-state index contributed by atoms with van der Waals surface area (Å²) in [4.78, 5) is 0. The minimum Gasteiger partial charge on any atom is -0.496 e. The minimum absolute atomic E-state index is 0.00807. The van der Waals surface area contributed by atoms with Crippen molar-refractivity contribution in [2.24, 2.45) is 5.14 Å². The quantitative estimate of drug-likeness (QED) is 0.820. The second-order valence-corrected chi connectivity index (χ2v) is 4.63. The molecule has 0 saturated carbocycles. The highest BCUT2D eigenvalue weighted by atomic mass is 32.2. The highest BCUT2D eigenvalue weighted by Crippen LogP contribution is 2.28. The molecule has 1 rings (SSSR count). The van der Waals surface area contributed by atoms with Crippen LogP contribution in [-0.4, -0.2) is 22.1 Å². The molecule has 0 amide bonds. The van der Waals surface area contributed by atoms with Crippen LogP contribution in [0.4, 0.5) is 8.78 Å². The number of benzene rings is 1. The minimum atomic E-state index is -3.96. The number of hydrogen-bond donors (Lipinski definition) is 2. The van der Waals surface area contributed by atoms with Crippen LogP contribution in [0.25, 0.3) is 0 Å². The molecular formula is C9H12F2N2O3S. The highest BCUT2D eigenvalue weighted by Gasteiger charge is 2.17. The predicted octanol–water partition coefficient (Wildman–Crippen LogP) is 0.638. The molecule has 0 saturated heterocycles. The Morgan fingerprint density at radius 3 is 2.71 bits per heavy atom. The summed E-state index contributed by atoms with van der Waals surface area (Å²) in [5.41, 5.74) is 0.0463. The molecule has 3 N–H and O–H groups in total. The second kappa shape index (κ2) is 5.39. The predicted molar refractivity (Wildman–Crippen MR) is 57.9 cm³/mol. The van der Waals surface area contributed by atoms with E-state index in [0.717, 1.165) is 12.1 Å². The second-order valence-electron chi connectivity index (χ2n) is 3.25. The maximum Gasteiger partial charge on any atom is 0.274 e. The fourth-order valence-corrected chi connectivity index (χ4v) is 1.62. The van der Waals surface area contributed by atoms with Crippen LogP contribution in [0.15, 0.2) is 18.2 Å². The molecule has 17 heavy (non-hydrogen) atoms. The Kier molecular flexibility index (Phi) is 4.38. The van der Waals surface area contributed by atoms with Crippen LogP contribution in [-0.2, 0) is 10.2 Å². The number of nitrogens with one attached hydrogen (secondary N) is 1. The SMILES string of the molecule is COc1cc(F)ccc1C(F)CNS(N)(=O)=O. The first-order valence-corrected chi connectivity index (χ1v) is 6.13. The van der Waals surface area contributed by atoms with Crippen molar-refractivity contribution in [3.63, 3.8) is 0 Å². The lowest BCUT2D eigenvalue weighted by atomic mass is 10.1. The zero-order valence-electron chi connectivity index (χ0n) is 8.98. The monoisotopic (exact) mass is 266 g/mol. The number of hydrogen-bond acceptors (Lipinski definition) is 3. The number of rotatable bonds is 5. The third-order valence-corrected chi connectivity index (χ3v) is 2.57. The molecule has 5 nitrogen and oxygen atoms in total. The first-order valence-electron chi connectivity index (χ1n) is 4.58. The van der Waals surface area contributed by atoms with Gasteiger partial charge < -0.3 is 4.74 Å². The molecule has 0 heterocycles. The fraction of sp³-hybridized carbons (Fsp3) is 0.333. The van der Waals surface area contributed by atoms with Crippen molar-refractivity contribution in [3.8, 4) is 5.75 Å². The molecule has 0 radical (unpaired) electrons. The van der Waals surface area contributed by atoms with Gasteiger partial charge in [0.2, 0.25) is 0 Å². The zero-order valence-corrected chi connectivity index (χ0v) is 9.80. The third-order valence-electron chi connectivity index (χ3n) is 2.00. The Hall–Kier alpha value is -1.25. The van der Waals surface area contributed by atoms with E-state index in [1.54, 1.807) is 0 Å². The smallest absolute Gasteiger partial charge is 0.274 e. The van der Waals surface area contributed by atoms with Crippen molar-refractivity contribution in [1.29, 1.82) is 0 Å². The molecule has 1 aromatic rings. The fourth-order valence-electron chi connectivity index (χ4n) is 1.24. The van der Waals surface area contributed by atoms with Gasteiger partial charge in [-0.15, -0.1) is 0 Å². The van der Waals surface area contributed by atoms with E-state index >= 15 is 0 Å². The van der Waals surface area contributed by atoms with Crippen LogP contribution < -0.4 is 14.6 Å². The molecule has 8 heteroatoms. The lowest BCUT2D eigenvalue weighted by Crippen LogP contribution is -2.33. The lowest BCUT2D eigenvalue weighted by Gasteiger charge is -2.12. The summed E-state index contributed by atoms with van der Waals surface area (Å²) in [7, 11) is -2.70. The van der Waals surface area contributed by atoms with E-state index in [2.05, 4.69) is 5.14 Å². The van der Waals surface area contributed by atoms with Crippen LogP contribution in [0.1, 0.15) is 11.7 Å².